The minimum Gasteiger partial charge on any atom is -0.381 e. The number of rotatable bonds is 4. The van der Waals surface area contributed by atoms with Crippen LogP contribution < -0.4 is 5.32 Å². The maximum Gasteiger partial charge on any atom is 0.272 e. The molecule has 0 aliphatic carbocycles. The molecule has 0 aromatic heterocycles. The first-order chi connectivity index (χ1) is 9.49. The molecule has 2 aromatic carbocycles. The largest absolute Gasteiger partial charge is 0.381 e. The lowest BCUT2D eigenvalue weighted by molar-refractivity contribution is -0.385. The monoisotopic (exact) mass is 310 g/mol. The molecule has 0 unspecified atom stereocenters. The lowest BCUT2D eigenvalue weighted by atomic mass is 10.1. The van der Waals surface area contributed by atoms with Crippen LogP contribution in [0.5, 0.6) is 0 Å². The predicted molar refractivity (Wildman–Crippen MR) is 81.6 cm³/mol. The fourth-order valence-electron chi connectivity index (χ4n) is 1.86. The average Bonchev–Trinajstić information content (AvgIpc) is 2.37. The number of nitro benzene ring substituents is 1. The van der Waals surface area contributed by atoms with Crippen LogP contribution in [0.25, 0.3) is 0 Å². The molecule has 4 nitrogen and oxygen atoms in total. The number of hydrogen-bond acceptors (Lipinski definition) is 3. The van der Waals surface area contributed by atoms with E-state index in [1.54, 1.807) is 37.3 Å². The van der Waals surface area contributed by atoms with Crippen molar-refractivity contribution in [3.8, 4) is 0 Å². The average molecular weight is 311 g/mol. The van der Waals surface area contributed by atoms with Crippen LogP contribution in [0.3, 0.4) is 0 Å². The quantitative estimate of drug-likeness (QED) is 0.650. The number of halogens is 2. The number of nitro groups is 1. The van der Waals surface area contributed by atoms with Crippen molar-refractivity contribution < 1.29 is 4.92 Å². The summed E-state index contributed by atoms with van der Waals surface area (Å²) >= 11 is 12.2. The lowest BCUT2D eigenvalue weighted by Crippen LogP contribution is -2.02. The third-order valence-electron chi connectivity index (χ3n) is 2.92. The van der Waals surface area contributed by atoms with Crippen LogP contribution >= 0.6 is 23.2 Å². The van der Waals surface area contributed by atoms with Crippen molar-refractivity contribution in [2.45, 2.75) is 13.5 Å². The Balaban J connectivity index is 2.16. The van der Waals surface area contributed by atoms with Crippen molar-refractivity contribution >= 4 is 34.6 Å². The summed E-state index contributed by atoms with van der Waals surface area (Å²) in [5, 5.41) is 15.1. The van der Waals surface area contributed by atoms with Crippen LogP contribution in [0.4, 0.5) is 11.4 Å². The van der Waals surface area contributed by atoms with Crippen molar-refractivity contribution in [3.63, 3.8) is 0 Å². The predicted octanol–water partition coefficient (Wildman–Crippen LogP) is 4.82. The Morgan fingerprint density at radius 1 is 1.20 bits per heavy atom. The number of anilines is 1. The highest BCUT2D eigenvalue weighted by atomic mass is 35.5. The number of nitrogens with one attached hydrogen (secondary N) is 1. The molecule has 2 aromatic rings. The van der Waals surface area contributed by atoms with Gasteiger partial charge < -0.3 is 5.32 Å². The SMILES string of the molecule is Cc1cc(NCc2c(Cl)cccc2Cl)ccc1[N+](=O)[O-]. The Labute approximate surface area is 126 Å². The van der Waals surface area contributed by atoms with Gasteiger partial charge in [0.1, 0.15) is 0 Å². The summed E-state index contributed by atoms with van der Waals surface area (Å²) in [6.07, 6.45) is 0. The third-order valence-corrected chi connectivity index (χ3v) is 3.63. The summed E-state index contributed by atoms with van der Waals surface area (Å²) < 4.78 is 0. The fourth-order valence-corrected chi connectivity index (χ4v) is 2.39. The van der Waals surface area contributed by atoms with Gasteiger partial charge in [-0.15, -0.1) is 0 Å². The normalized spacial score (nSPS) is 10.3. The molecule has 0 aliphatic rings. The first-order valence-electron chi connectivity index (χ1n) is 5.91. The van der Waals surface area contributed by atoms with E-state index >= 15 is 0 Å². The molecule has 0 saturated carbocycles. The molecule has 0 bridgehead atoms. The van der Waals surface area contributed by atoms with Crippen LogP contribution in [0, 0.1) is 17.0 Å². The second-order valence-corrected chi connectivity index (χ2v) is 5.13. The van der Waals surface area contributed by atoms with Gasteiger partial charge in [0, 0.05) is 39.5 Å². The van der Waals surface area contributed by atoms with Gasteiger partial charge in [0.15, 0.2) is 0 Å². The van der Waals surface area contributed by atoms with Crippen LogP contribution in [0.15, 0.2) is 36.4 Å². The van der Waals surface area contributed by atoms with E-state index in [4.69, 9.17) is 23.2 Å². The van der Waals surface area contributed by atoms with Crippen molar-refractivity contribution in [2.75, 3.05) is 5.32 Å². The molecular weight excluding hydrogens is 299 g/mol. The van der Waals surface area contributed by atoms with Gasteiger partial charge in [0.05, 0.1) is 4.92 Å². The van der Waals surface area contributed by atoms with Crippen LogP contribution in [0.2, 0.25) is 10.0 Å². The minimum atomic E-state index is -0.399. The van der Waals surface area contributed by atoms with Crippen molar-refractivity contribution in [1.29, 1.82) is 0 Å². The van der Waals surface area contributed by atoms with Crippen LogP contribution in [-0.2, 0) is 6.54 Å². The van der Waals surface area contributed by atoms with Gasteiger partial charge in [-0.2, -0.15) is 0 Å². The Morgan fingerprint density at radius 2 is 1.85 bits per heavy atom. The highest BCUT2D eigenvalue weighted by molar-refractivity contribution is 6.36. The first-order valence-corrected chi connectivity index (χ1v) is 6.66. The first kappa shape index (κ1) is 14.6. The molecule has 0 atom stereocenters. The van der Waals surface area contributed by atoms with E-state index in [-0.39, 0.29) is 5.69 Å². The van der Waals surface area contributed by atoms with E-state index in [1.807, 2.05) is 0 Å². The second-order valence-electron chi connectivity index (χ2n) is 4.31. The Morgan fingerprint density at radius 3 is 2.40 bits per heavy atom. The molecule has 104 valence electrons. The van der Waals surface area contributed by atoms with E-state index in [1.165, 1.54) is 6.07 Å². The zero-order chi connectivity index (χ0) is 14.7. The summed E-state index contributed by atoms with van der Waals surface area (Å²) in [4.78, 5) is 10.4. The van der Waals surface area contributed by atoms with Gasteiger partial charge in [-0.05, 0) is 31.2 Å². The Kier molecular flexibility index (Phi) is 4.47. The van der Waals surface area contributed by atoms with Gasteiger partial charge in [-0.1, -0.05) is 29.3 Å². The maximum absolute atomic E-state index is 10.8. The molecule has 0 spiro atoms. The van der Waals surface area contributed by atoms with E-state index in [2.05, 4.69) is 5.32 Å². The second kappa shape index (κ2) is 6.11. The van der Waals surface area contributed by atoms with Gasteiger partial charge in [-0.3, -0.25) is 10.1 Å². The third kappa shape index (κ3) is 3.21. The standard InChI is InChI=1S/C14H12Cl2N2O2/c1-9-7-10(5-6-14(9)18(19)20)17-8-11-12(15)3-2-4-13(11)16/h2-7,17H,8H2,1H3. The summed E-state index contributed by atoms with van der Waals surface area (Å²) in [6, 6.07) is 10.2. The number of hydrogen-bond donors (Lipinski definition) is 1. The van der Waals surface area contributed by atoms with E-state index in [0.29, 0.717) is 22.2 Å². The molecular formula is C14H12Cl2N2O2. The number of benzene rings is 2. The van der Waals surface area contributed by atoms with E-state index < -0.39 is 4.92 Å². The Bertz CT molecular complexity index is 639. The minimum absolute atomic E-state index is 0.103. The topological polar surface area (TPSA) is 55.2 Å². The molecule has 0 fully saturated rings. The molecule has 0 amide bonds. The summed E-state index contributed by atoms with van der Waals surface area (Å²) in [5.41, 5.74) is 2.28. The Hall–Kier alpha value is -1.78. The molecule has 0 aliphatic heterocycles. The smallest absolute Gasteiger partial charge is 0.272 e. The molecule has 2 rings (SSSR count). The van der Waals surface area contributed by atoms with Gasteiger partial charge in [0.2, 0.25) is 0 Å². The van der Waals surface area contributed by atoms with Gasteiger partial charge >= 0.3 is 0 Å². The van der Waals surface area contributed by atoms with Gasteiger partial charge in [-0.25, -0.2) is 0 Å². The van der Waals surface area contributed by atoms with Crippen LogP contribution in [-0.4, -0.2) is 4.92 Å². The lowest BCUT2D eigenvalue weighted by Gasteiger charge is -2.10. The van der Waals surface area contributed by atoms with Crippen molar-refractivity contribution in [3.05, 3.63) is 67.7 Å². The molecule has 0 radical (unpaired) electrons. The highest BCUT2D eigenvalue weighted by Crippen LogP contribution is 2.26. The molecule has 20 heavy (non-hydrogen) atoms. The molecule has 0 heterocycles. The van der Waals surface area contributed by atoms with Crippen LogP contribution in [0.1, 0.15) is 11.1 Å². The van der Waals surface area contributed by atoms with E-state index in [0.717, 1.165) is 11.3 Å². The fraction of sp³-hybridized carbons (Fsp3) is 0.143. The molecule has 1 N–H and O–H groups in total. The maximum atomic E-state index is 10.8. The van der Waals surface area contributed by atoms with Crippen molar-refractivity contribution in [1.82, 2.24) is 0 Å². The van der Waals surface area contributed by atoms with Gasteiger partial charge in [0.25, 0.3) is 5.69 Å². The summed E-state index contributed by atoms with van der Waals surface area (Å²) in [5.74, 6) is 0. The molecule has 0 saturated heterocycles. The molecule has 6 heteroatoms. The van der Waals surface area contributed by atoms with E-state index in [9.17, 15) is 10.1 Å². The number of aryl methyl sites for hydroxylation is 1. The zero-order valence-corrected chi connectivity index (χ0v) is 12.2. The van der Waals surface area contributed by atoms with Crippen molar-refractivity contribution in [2.24, 2.45) is 0 Å². The number of nitrogens with zero attached hydrogens (tertiary/aromatic N) is 1. The summed E-state index contributed by atoms with van der Waals surface area (Å²) in [6.45, 7) is 2.15. The highest BCUT2D eigenvalue weighted by Gasteiger charge is 2.10. The zero-order valence-electron chi connectivity index (χ0n) is 10.7. The summed E-state index contributed by atoms with van der Waals surface area (Å²) in [7, 11) is 0.